The van der Waals surface area contributed by atoms with Gasteiger partial charge in [0.2, 0.25) is 0 Å². The molecule has 0 radical (unpaired) electrons. The molecule has 5 rings (SSSR count). The standard InChI is InChI=1S/C24H28N4O4/c1-14(2)28-23-19(11-25-28)18(24(29)27-12-15(3)32-16(4)13-27)10-20(26-23)17-5-6-21-22(9-17)31-8-7-30-21/h5-6,9-11,14-16H,7-8,12-13H2,1-4H3. The second kappa shape index (κ2) is 8.09. The van der Waals surface area contributed by atoms with Gasteiger partial charge in [-0.05, 0) is 52.0 Å². The molecular weight excluding hydrogens is 408 g/mol. The minimum atomic E-state index is -0.0264. The van der Waals surface area contributed by atoms with E-state index in [4.69, 9.17) is 19.2 Å². The number of hydrogen-bond acceptors (Lipinski definition) is 6. The molecule has 0 aliphatic carbocycles. The van der Waals surface area contributed by atoms with Crippen molar-refractivity contribution in [3.63, 3.8) is 0 Å². The first kappa shape index (κ1) is 20.8. The van der Waals surface area contributed by atoms with Crippen LogP contribution in [0.5, 0.6) is 11.5 Å². The van der Waals surface area contributed by atoms with Gasteiger partial charge in [0.1, 0.15) is 13.2 Å². The summed E-state index contributed by atoms with van der Waals surface area (Å²) in [4.78, 5) is 20.4. The number of aromatic nitrogens is 3. The summed E-state index contributed by atoms with van der Waals surface area (Å²) in [5.74, 6) is 1.39. The zero-order chi connectivity index (χ0) is 22.4. The van der Waals surface area contributed by atoms with Crippen molar-refractivity contribution in [1.82, 2.24) is 19.7 Å². The van der Waals surface area contributed by atoms with Crippen molar-refractivity contribution in [3.05, 3.63) is 36.0 Å². The Morgan fingerprint density at radius 3 is 2.50 bits per heavy atom. The first-order valence-corrected chi connectivity index (χ1v) is 11.1. The zero-order valence-electron chi connectivity index (χ0n) is 18.9. The molecule has 0 saturated carbocycles. The van der Waals surface area contributed by atoms with Crippen molar-refractivity contribution in [3.8, 4) is 22.8 Å². The van der Waals surface area contributed by atoms with E-state index in [1.807, 2.05) is 47.7 Å². The van der Waals surface area contributed by atoms with E-state index in [0.29, 0.717) is 49.0 Å². The van der Waals surface area contributed by atoms with E-state index in [-0.39, 0.29) is 24.2 Å². The van der Waals surface area contributed by atoms with Crippen LogP contribution in [0.25, 0.3) is 22.3 Å². The van der Waals surface area contributed by atoms with Gasteiger partial charge in [0.05, 0.1) is 35.0 Å². The number of amides is 1. The highest BCUT2D eigenvalue weighted by Crippen LogP contribution is 2.35. The van der Waals surface area contributed by atoms with Crippen molar-refractivity contribution in [2.45, 2.75) is 45.9 Å². The third kappa shape index (κ3) is 3.68. The van der Waals surface area contributed by atoms with Crippen LogP contribution in [0.4, 0.5) is 0 Å². The lowest BCUT2D eigenvalue weighted by atomic mass is 10.0. The molecule has 2 atom stereocenters. The average Bonchev–Trinajstić information content (AvgIpc) is 3.21. The lowest BCUT2D eigenvalue weighted by molar-refractivity contribution is -0.0585. The van der Waals surface area contributed by atoms with E-state index >= 15 is 0 Å². The Hall–Kier alpha value is -3.13. The van der Waals surface area contributed by atoms with Crippen LogP contribution in [0.1, 0.15) is 44.1 Å². The number of carbonyl (C=O) groups excluding carboxylic acids is 1. The summed E-state index contributed by atoms with van der Waals surface area (Å²) in [7, 11) is 0. The molecule has 2 aliphatic rings. The van der Waals surface area contributed by atoms with E-state index in [1.165, 1.54) is 0 Å². The molecular formula is C24H28N4O4. The maximum Gasteiger partial charge on any atom is 0.254 e. The molecule has 2 aliphatic heterocycles. The summed E-state index contributed by atoms with van der Waals surface area (Å²) >= 11 is 0. The van der Waals surface area contributed by atoms with Crippen LogP contribution >= 0.6 is 0 Å². The maximum atomic E-state index is 13.7. The van der Waals surface area contributed by atoms with E-state index in [2.05, 4.69) is 18.9 Å². The van der Waals surface area contributed by atoms with Crippen LogP contribution in [-0.2, 0) is 4.74 Å². The van der Waals surface area contributed by atoms with Crippen LogP contribution in [0, 0.1) is 0 Å². The minimum Gasteiger partial charge on any atom is -0.486 e. The molecule has 1 fully saturated rings. The van der Waals surface area contributed by atoms with Gasteiger partial charge >= 0.3 is 0 Å². The molecule has 2 aromatic heterocycles. The first-order valence-electron chi connectivity index (χ1n) is 11.1. The Labute approximate surface area is 187 Å². The van der Waals surface area contributed by atoms with Crippen molar-refractivity contribution >= 4 is 16.9 Å². The maximum absolute atomic E-state index is 13.7. The van der Waals surface area contributed by atoms with Gasteiger partial charge in [0.15, 0.2) is 17.1 Å². The van der Waals surface area contributed by atoms with Crippen LogP contribution in [0.3, 0.4) is 0 Å². The molecule has 0 N–H and O–H groups in total. The molecule has 1 amide bonds. The molecule has 8 nitrogen and oxygen atoms in total. The van der Waals surface area contributed by atoms with Gasteiger partial charge < -0.3 is 19.1 Å². The molecule has 2 unspecified atom stereocenters. The Bertz CT molecular complexity index is 1160. The number of hydrogen-bond donors (Lipinski definition) is 0. The van der Waals surface area contributed by atoms with Gasteiger partial charge in [-0.25, -0.2) is 9.67 Å². The quantitative estimate of drug-likeness (QED) is 0.623. The van der Waals surface area contributed by atoms with Gasteiger partial charge in [0, 0.05) is 24.7 Å². The molecule has 168 valence electrons. The van der Waals surface area contributed by atoms with E-state index in [9.17, 15) is 4.79 Å². The minimum absolute atomic E-state index is 0.00400. The van der Waals surface area contributed by atoms with E-state index in [1.54, 1.807) is 6.20 Å². The Kier molecular flexibility index (Phi) is 5.25. The highest BCUT2D eigenvalue weighted by atomic mass is 16.6. The first-order chi connectivity index (χ1) is 15.4. The number of ether oxygens (including phenoxy) is 3. The number of fused-ring (bicyclic) bond motifs is 2. The number of rotatable bonds is 3. The van der Waals surface area contributed by atoms with Crippen molar-refractivity contribution in [2.24, 2.45) is 0 Å². The highest BCUT2D eigenvalue weighted by molar-refractivity contribution is 6.06. The van der Waals surface area contributed by atoms with Gasteiger partial charge in [0.25, 0.3) is 5.91 Å². The number of morpholine rings is 1. The smallest absolute Gasteiger partial charge is 0.254 e. The molecule has 8 heteroatoms. The van der Waals surface area contributed by atoms with Crippen molar-refractivity contribution in [1.29, 1.82) is 0 Å². The summed E-state index contributed by atoms with van der Waals surface area (Å²) in [5.41, 5.74) is 2.87. The third-order valence-electron chi connectivity index (χ3n) is 5.83. The fraction of sp³-hybridized carbons (Fsp3) is 0.458. The molecule has 1 saturated heterocycles. The zero-order valence-corrected chi connectivity index (χ0v) is 18.9. The second-order valence-corrected chi connectivity index (χ2v) is 8.80. The average molecular weight is 437 g/mol. The van der Waals surface area contributed by atoms with E-state index < -0.39 is 0 Å². The van der Waals surface area contributed by atoms with Gasteiger partial charge in [-0.15, -0.1) is 0 Å². The summed E-state index contributed by atoms with van der Waals surface area (Å²) in [6, 6.07) is 7.74. The summed E-state index contributed by atoms with van der Waals surface area (Å²) in [6.07, 6.45) is 1.74. The second-order valence-electron chi connectivity index (χ2n) is 8.80. The monoisotopic (exact) mass is 436 g/mol. The van der Waals surface area contributed by atoms with Crippen LogP contribution in [0.15, 0.2) is 30.5 Å². The van der Waals surface area contributed by atoms with E-state index in [0.717, 1.165) is 16.7 Å². The highest BCUT2D eigenvalue weighted by Gasteiger charge is 2.29. The normalized spacial score (nSPS) is 20.7. The van der Waals surface area contributed by atoms with Crippen LogP contribution in [0.2, 0.25) is 0 Å². The van der Waals surface area contributed by atoms with Gasteiger partial charge in [-0.1, -0.05) is 0 Å². The number of nitrogens with zero attached hydrogens (tertiary/aromatic N) is 4. The van der Waals surface area contributed by atoms with Crippen molar-refractivity contribution in [2.75, 3.05) is 26.3 Å². The number of carbonyl (C=O) groups is 1. The van der Waals surface area contributed by atoms with Crippen molar-refractivity contribution < 1.29 is 19.0 Å². The molecule has 32 heavy (non-hydrogen) atoms. The lowest BCUT2D eigenvalue weighted by Gasteiger charge is -2.35. The predicted octanol–water partition coefficient (Wildman–Crippen LogP) is 3.70. The molecule has 0 bridgehead atoms. The SMILES string of the molecule is CC1CN(C(=O)c2cc(-c3ccc4c(c3)OCCO4)nc3c2cnn3C(C)C)CC(C)O1. The molecule has 1 aromatic carbocycles. The Morgan fingerprint density at radius 1 is 1.06 bits per heavy atom. The third-order valence-corrected chi connectivity index (χ3v) is 5.83. The fourth-order valence-corrected chi connectivity index (χ4v) is 4.44. The number of pyridine rings is 1. The predicted molar refractivity (Wildman–Crippen MR) is 120 cm³/mol. The molecule has 0 spiro atoms. The number of benzene rings is 1. The lowest BCUT2D eigenvalue weighted by Crippen LogP contribution is -2.48. The molecule has 4 heterocycles. The van der Waals surface area contributed by atoms with Gasteiger partial charge in [-0.3, -0.25) is 4.79 Å². The Morgan fingerprint density at radius 2 is 1.78 bits per heavy atom. The largest absolute Gasteiger partial charge is 0.486 e. The Balaban J connectivity index is 1.63. The fourth-order valence-electron chi connectivity index (χ4n) is 4.44. The summed E-state index contributed by atoms with van der Waals surface area (Å²) in [5, 5.41) is 5.29. The van der Waals surface area contributed by atoms with Gasteiger partial charge in [-0.2, -0.15) is 5.10 Å². The van der Waals surface area contributed by atoms with Crippen LogP contribution < -0.4 is 9.47 Å². The summed E-state index contributed by atoms with van der Waals surface area (Å²) < 4.78 is 19.1. The van der Waals surface area contributed by atoms with Crippen LogP contribution in [-0.4, -0.2) is 64.1 Å². The topological polar surface area (TPSA) is 78.7 Å². The summed E-state index contributed by atoms with van der Waals surface area (Å²) in [6.45, 7) is 10.3. The molecule has 3 aromatic rings.